The molecule has 4 heteroatoms. The number of unbranched alkanes of at least 4 members (excludes halogenated alkanes) is 2. The Morgan fingerprint density at radius 1 is 1.22 bits per heavy atom. The summed E-state index contributed by atoms with van der Waals surface area (Å²) in [6.07, 6.45) is 15.6. The first kappa shape index (κ1) is 19.8. The fourth-order valence-corrected chi connectivity index (χ4v) is 3.56. The average molecular weight is 370 g/mol. The van der Waals surface area contributed by atoms with E-state index in [4.69, 9.17) is 9.15 Å². The second kappa shape index (κ2) is 9.86. The Kier molecular flexibility index (Phi) is 7.25. The molecule has 0 bridgehead atoms. The number of carbonyl (C=O) groups is 1. The molecule has 0 spiro atoms. The number of hydrogen-bond acceptors (Lipinski definition) is 4. The fourth-order valence-electron chi connectivity index (χ4n) is 3.56. The van der Waals surface area contributed by atoms with Gasteiger partial charge in [-0.05, 0) is 67.9 Å². The number of allylic oxidation sites excluding steroid dienone is 4. The second-order valence-electron chi connectivity index (χ2n) is 7.43. The highest BCUT2D eigenvalue weighted by molar-refractivity contribution is 5.95. The van der Waals surface area contributed by atoms with Crippen LogP contribution < -0.4 is 0 Å². The Bertz CT molecular complexity index is 709. The molecule has 1 saturated heterocycles. The maximum absolute atomic E-state index is 12.5. The highest BCUT2D eigenvalue weighted by Gasteiger charge is 2.39. The molecule has 0 aromatic carbocycles. The van der Waals surface area contributed by atoms with Crippen LogP contribution in [-0.4, -0.2) is 23.3 Å². The van der Waals surface area contributed by atoms with Crippen molar-refractivity contribution in [1.82, 2.24) is 0 Å². The molecule has 1 aromatic rings. The van der Waals surface area contributed by atoms with Crippen molar-refractivity contribution in [3.8, 4) is 0 Å². The lowest BCUT2D eigenvalue weighted by Gasteiger charge is -2.14. The van der Waals surface area contributed by atoms with Crippen LogP contribution in [0.4, 0.5) is 0 Å². The van der Waals surface area contributed by atoms with Crippen LogP contribution in [0.25, 0.3) is 6.08 Å². The van der Waals surface area contributed by atoms with Gasteiger partial charge in [0.1, 0.15) is 11.9 Å². The van der Waals surface area contributed by atoms with E-state index in [0.29, 0.717) is 6.42 Å². The van der Waals surface area contributed by atoms with Crippen LogP contribution >= 0.6 is 0 Å². The molecule has 0 saturated carbocycles. The molecule has 1 fully saturated rings. The molecule has 1 aliphatic heterocycles. The Balaban J connectivity index is 1.47. The molecule has 146 valence electrons. The molecule has 2 heterocycles. The minimum atomic E-state index is -0.723. The van der Waals surface area contributed by atoms with Crippen LogP contribution in [-0.2, 0) is 9.53 Å². The number of rotatable bonds is 11. The predicted octanol–water partition coefficient (Wildman–Crippen LogP) is 5.35. The number of Topliss-reactive ketones (excluding diaryl/α,β-unsaturated/α-hetero) is 1. The third-order valence-electron chi connectivity index (χ3n) is 5.27. The van der Waals surface area contributed by atoms with Crippen LogP contribution in [0.5, 0.6) is 0 Å². The largest absolute Gasteiger partial charge is 0.465 e. The molecule has 27 heavy (non-hydrogen) atoms. The first-order valence-corrected chi connectivity index (χ1v) is 10.2. The summed E-state index contributed by atoms with van der Waals surface area (Å²) in [5.74, 6) is 0.989. The van der Waals surface area contributed by atoms with Crippen molar-refractivity contribution < 1.29 is 19.1 Å². The van der Waals surface area contributed by atoms with Gasteiger partial charge in [-0.15, -0.1) is 0 Å². The van der Waals surface area contributed by atoms with Gasteiger partial charge in [0.2, 0.25) is 0 Å². The number of aliphatic hydroxyl groups excluding tert-OH is 1. The van der Waals surface area contributed by atoms with Gasteiger partial charge in [-0.1, -0.05) is 37.5 Å². The summed E-state index contributed by atoms with van der Waals surface area (Å²) in [7, 11) is 0. The number of aliphatic hydroxyl groups is 1. The number of carbonyl (C=O) groups excluding carboxylic acids is 1. The van der Waals surface area contributed by atoms with Crippen LogP contribution in [0.2, 0.25) is 0 Å². The molecule has 2 atom stereocenters. The van der Waals surface area contributed by atoms with Gasteiger partial charge >= 0.3 is 0 Å². The van der Waals surface area contributed by atoms with Gasteiger partial charge in [0, 0.05) is 6.42 Å². The van der Waals surface area contributed by atoms with Crippen molar-refractivity contribution in [1.29, 1.82) is 0 Å². The molecule has 0 radical (unpaired) electrons. The minimum absolute atomic E-state index is 0.244. The lowest BCUT2D eigenvalue weighted by atomic mass is 9.91. The Hall–Kier alpha value is -1.91. The molecule has 2 unspecified atom stereocenters. The monoisotopic (exact) mass is 370 g/mol. The lowest BCUT2D eigenvalue weighted by Crippen LogP contribution is -2.07. The zero-order valence-electron chi connectivity index (χ0n) is 16.2. The third-order valence-corrected chi connectivity index (χ3v) is 5.27. The molecule has 0 amide bonds. The van der Waals surface area contributed by atoms with Crippen molar-refractivity contribution in [2.45, 2.75) is 77.1 Å². The normalized spacial score (nSPS) is 22.4. The molecular weight excluding hydrogens is 340 g/mol. The first-order valence-electron chi connectivity index (χ1n) is 10.2. The minimum Gasteiger partial charge on any atom is -0.465 e. The molecular formula is C23H30O4. The Morgan fingerprint density at radius 2 is 2.07 bits per heavy atom. The second-order valence-corrected chi connectivity index (χ2v) is 7.43. The summed E-state index contributed by atoms with van der Waals surface area (Å²) in [6, 6.07) is 3.70. The van der Waals surface area contributed by atoms with Crippen molar-refractivity contribution in [3.05, 3.63) is 53.0 Å². The van der Waals surface area contributed by atoms with Crippen LogP contribution in [0.3, 0.4) is 0 Å². The number of hydrogen-bond donors (Lipinski definition) is 1. The van der Waals surface area contributed by atoms with E-state index in [1.807, 2.05) is 24.3 Å². The summed E-state index contributed by atoms with van der Waals surface area (Å²) in [6.45, 7) is 2.22. The quantitative estimate of drug-likeness (QED) is 0.421. The van der Waals surface area contributed by atoms with Crippen LogP contribution in [0, 0.1) is 0 Å². The van der Waals surface area contributed by atoms with Gasteiger partial charge in [0.05, 0.1) is 6.26 Å². The van der Waals surface area contributed by atoms with E-state index < -0.39 is 6.29 Å². The summed E-state index contributed by atoms with van der Waals surface area (Å²) < 4.78 is 10.5. The predicted molar refractivity (Wildman–Crippen MR) is 106 cm³/mol. The molecule has 1 N–H and O–H groups in total. The van der Waals surface area contributed by atoms with E-state index in [1.165, 1.54) is 24.8 Å². The Morgan fingerprint density at radius 3 is 2.70 bits per heavy atom. The molecule has 3 rings (SSSR count). The average Bonchev–Trinajstić information content (AvgIpc) is 3.17. The Labute approximate surface area is 161 Å². The van der Waals surface area contributed by atoms with E-state index in [-0.39, 0.29) is 11.9 Å². The van der Waals surface area contributed by atoms with Crippen molar-refractivity contribution in [3.63, 3.8) is 0 Å². The van der Waals surface area contributed by atoms with Gasteiger partial charge in [-0.2, -0.15) is 0 Å². The highest BCUT2D eigenvalue weighted by Crippen LogP contribution is 2.32. The summed E-state index contributed by atoms with van der Waals surface area (Å²) in [5, 5.41) is 9.56. The zero-order chi connectivity index (χ0) is 19.1. The third kappa shape index (κ3) is 6.05. The molecule has 4 nitrogen and oxygen atoms in total. The van der Waals surface area contributed by atoms with E-state index in [2.05, 4.69) is 13.0 Å². The van der Waals surface area contributed by atoms with Gasteiger partial charge in [0.15, 0.2) is 12.1 Å². The smallest absolute Gasteiger partial charge is 0.186 e. The molecule has 2 aliphatic rings. The standard InChI is InChI=1S/C23H30O4/c1-2-3-4-7-17-11-13-18(14-12-17)21(24)10-5-8-19(22-23(25)27-22)16-20-9-6-15-26-20/h6,9,11,13,15-16,22-23,25H,2-5,7-8,10,12,14H2,1H3/b19-16-. The molecule has 1 aliphatic carbocycles. The van der Waals surface area contributed by atoms with Crippen LogP contribution in [0.15, 0.2) is 51.7 Å². The zero-order valence-corrected chi connectivity index (χ0v) is 16.2. The number of ketones is 1. The fraction of sp³-hybridized carbons (Fsp3) is 0.522. The summed E-state index contributed by atoms with van der Waals surface area (Å²) in [4.78, 5) is 12.5. The van der Waals surface area contributed by atoms with Gasteiger partial charge in [0.25, 0.3) is 0 Å². The summed E-state index contributed by atoms with van der Waals surface area (Å²) >= 11 is 0. The van der Waals surface area contributed by atoms with Gasteiger partial charge < -0.3 is 14.3 Å². The molecule has 1 aromatic heterocycles. The number of ether oxygens (including phenoxy) is 1. The van der Waals surface area contributed by atoms with E-state index in [9.17, 15) is 9.90 Å². The topological polar surface area (TPSA) is 63.0 Å². The first-order chi connectivity index (χ1) is 13.2. The van der Waals surface area contributed by atoms with Crippen LogP contribution in [0.1, 0.15) is 70.5 Å². The van der Waals surface area contributed by atoms with Gasteiger partial charge in [-0.25, -0.2) is 0 Å². The van der Waals surface area contributed by atoms with E-state index >= 15 is 0 Å². The van der Waals surface area contributed by atoms with Crippen molar-refractivity contribution in [2.24, 2.45) is 0 Å². The maximum Gasteiger partial charge on any atom is 0.186 e. The maximum atomic E-state index is 12.5. The highest BCUT2D eigenvalue weighted by atomic mass is 16.7. The van der Waals surface area contributed by atoms with Gasteiger partial charge in [-0.3, -0.25) is 4.79 Å². The van der Waals surface area contributed by atoms with E-state index in [0.717, 1.165) is 49.0 Å². The SMILES string of the molecule is CCCCCC1=CC=C(C(=O)CCC/C(=C/c2ccco2)C2OC2O)CC1. The number of epoxide rings is 1. The summed E-state index contributed by atoms with van der Waals surface area (Å²) in [5.41, 5.74) is 3.41. The van der Waals surface area contributed by atoms with Crippen molar-refractivity contribution >= 4 is 11.9 Å². The lowest BCUT2D eigenvalue weighted by molar-refractivity contribution is -0.115. The number of furan rings is 1. The van der Waals surface area contributed by atoms with Crippen molar-refractivity contribution in [2.75, 3.05) is 0 Å². The van der Waals surface area contributed by atoms with E-state index in [1.54, 1.807) is 6.26 Å².